The van der Waals surface area contributed by atoms with Crippen LogP contribution in [-0.4, -0.2) is 26.1 Å². The number of halogens is 1. The smallest absolute Gasteiger partial charge is 0.225 e. The normalized spacial score (nSPS) is 14.6. The number of phenols is 1. The lowest BCUT2D eigenvalue weighted by molar-refractivity contribution is 0.461. The first-order valence-electron chi connectivity index (χ1n) is 9.50. The molecule has 4 rings (SSSR count). The zero-order valence-electron chi connectivity index (χ0n) is 15.4. The van der Waals surface area contributed by atoms with Gasteiger partial charge >= 0.3 is 0 Å². The fourth-order valence-corrected chi connectivity index (χ4v) is 3.62. The van der Waals surface area contributed by atoms with Gasteiger partial charge in [-0.15, -0.1) is 0 Å². The second-order valence-electron chi connectivity index (χ2n) is 6.95. The molecule has 1 aliphatic rings. The Morgan fingerprint density at radius 3 is 2.57 bits per heavy atom. The number of anilines is 3. The topological polar surface area (TPSA) is 83.0 Å². The van der Waals surface area contributed by atoms with E-state index in [1.807, 2.05) is 24.3 Å². The van der Waals surface area contributed by atoms with Gasteiger partial charge < -0.3 is 15.7 Å². The fraction of sp³-hybridized carbons (Fsp3) is 0.286. The molecule has 0 amide bonds. The number of phenolic OH excluding ortho intramolecular Hbond substituents is 1. The molecule has 0 unspecified atom stereocenters. The van der Waals surface area contributed by atoms with Crippen LogP contribution in [0.1, 0.15) is 32.1 Å². The van der Waals surface area contributed by atoms with Gasteiger partial charge in [0.15, 0.2) is 0 Å². The molecular weight excluding hydrogens is 374 g/mol. The van der Waals surface area contributed by atoms with Gasteiger partial charge in [0.25, 0.3) is 0 Å². The first kappa shape index (κ1) is 18.5. The van der Waals surface area contributed by atoms with Crippen molar-refractivity contribution in [1.29, 1.82) is 0 Å². The zero-order valence-corrected chi connectivity index (χ0v) is 16.2. The number of nitrogens with one attached hydrogen (secondary N) is 2. The van der Waals surface area contributed by atoms with Crippen LogP contribution in [-0.2, 0) is 0 Å². The summed E-state index contributed by atoms with van der Waals surface area (Å²) < 4.78 is 0. The van der Waals surface area contributed by atoms with Crippen molar-refractivity contribution >= 4 is 29.1 Å². The first-order chi connectivity index (χ1) is 13.7. The second kappa shape index (κ2) is 8.44. The average molecular weight is 396 g/mol. The lowest BCUT2D eigenvalue weighted by Gasteiger charge is -2.23. The summed E-state index contributed by atoms with van der Waals surface area (Å²) in [6.45, 7) is 0. The summed E-state index contributed by atoms with van der Waals surface area (Å²) in [5.74, 6) is 1.31. The highest BCUT2D eigenvalue weighted by Crippen LogP contribution is 2.30. The minimum Gasteiger partial charge on any atom is -0.508 e. The summed E-state index contributed by atoms with van der Waals surface area (Å²) >= 11 is 6.24. The summed E-state index contributed by atoms with van der Waals surface area (Å²) in [6, 6.07) is 12.8. The van der Waals surface area contributed by atoms with Gasteiger partial charge in [0, 0.05) is 24.4 Å². The zero-order chi connectivity index (χ0) is 19.3. The SMILES string of the molecule is Oc1ccc(Nc2cc(-c3ccccn3)nc(NC3CCCCC3)n2)c(Cl)c1. The largest absolute Gasteiger partial charge is 0.508 e. The molecule has 1 saturated carbocycles. The van der Waals surface area contributed by atoms with Gasteiger partial charge in [-0.2, -0.15) is 4.98 Å². The highest BCUT2D eigenvalue weighted by molar-refractivity contribution is 6.33. The van der Waals surface area contributed by atoms with E-state index in [0.29, 0.717) is 28.5 Å². The van der Waals surface area contributed by atoms with Crippen LogP contribution in [0.15, 0.2) is 48.7 Å². The summed E-state index contributed by atoms with van der Waals surface area (Å²) in [6.07, 6.45) is 7.75. The number of aromatic nitrogens is 3. The lowest BCUT2D eigenvalue weighted by Crippen LogP contribution is -2.23. The number of hydrogen-bond acceptors (Lipinski definition) is 6. The summed E-state index contributed by atoms with van der Waals surface area (Å²) in [5, 5.41) is 16.7. The highest BCUT2D eigenvalue weighted by Gasteiger charge is 2.16. The van der Waals surface area contributed by atoms with Gasteiger partial charge in [0.2, 0.25) is 5.95 Å². The van der Waals surface area contributed by atoms with Crippen molar-refractivity contribution in [3.63, 3.8) is 0 Å². The van der Waals surface area contributed by atoms with Gasteiger partial charge in [-0.1, -0.05) is 36.9 Å². The molecule has 0 bridgehead atoms. The molecule has 0 radical (unpaired) electrons. The van der Waals surface area contributed by atoms with Gasteiger partial charge in [-0.05, 0) is 37.1 Å². The quantitative estimate of drug-likeness (QED) is 0.502. The number of pyridine rings is 1. The van der Waals surface area contributed by atoms with E-state index in [1.54, 1.807) is 18.3 Å². The van der Waals surface area contributed by atoms with Crippen molar-refractivity contribution in [2.45, 2.75) is 38.1 Å². The van der Waals surface area contributed by atoms with E-state index in [1.165, 1.54) is 25.3 Å². The standard InChI is InChI=1S/C21H22ClN5O/c22-16-12-15(28)9-10-17(16)25-20-13-19(18-8-4-5-11-23-18)26-21(27-20)24-14-6-2-1-3-7-14/h4-5,8-14,28H,1-3,6-7H2,(H2,24,25,26,27). The molecular formula is C21H22ClN5O. The van der Waals surface area contributed by atoms with E-state index in [2.05, 4.69) is 25.6 Å². The molecule has 3 aromatic rings. The lowest BCUT2D eigenvalue weighted by atomic mass is 9.96. The third-order valence-corrected chi connectivity index (χ3v) is 5.12. The Labute approximate surface area is 169 Å². The molecule has 144 valence electrons. The van der Waals surface area contributed by atoms with E-state index in [0.717, 1.165) is 24.2 Å². The Morgan fingerprint density at radius 1 is 0.964 bits per heavy atom. The van der Waals surface area contributed by atoms with Crippen LogP contribution in [0, 0.1) is 0 Å². The molecule has 2 heterocycles. The molecule has 0 spiro atoms. The molecule has 6 nitrogen and oxygen atoms in total. The number of benzene rings is 1. The van der Waals surface area contributed by atoms with E-state index < -0.39 is 0 Å². The molecule has 2 aromatic heterocycles. The second-order valence-corrected chi connectivity index (χ2v) is 7.35. The molecule has 28 heavy (non-hydrogen) atoms. The Hall–Kier alpha value is -2.86. The fourth-order valence-electron chi connectivity index (χ4n) is 3.39. The van der Waals surface area contributed by atoms with Gasteiger partial charge in [-0.3, -0.25) is 4.98 Å². The molecule has 1 fully saturated rings. The summed E-state index contributed by atoms with van der Waals surface area (Å²) in [4.78, 5) is 13.7. The molecule has 7 heteroatoms. The van der Waals surface area contributed by atoms with E-state index in [4.69, 9.17) is 11.6 Å². The number of nitrogens with zero attached hydrogens (tertiary/aromatic N) is 3. The highest BCUT2D eigenvalue weighted by atomic mass is 35.5. The first-order valence-corrected chi connectivity index (χ1v) is 9.88. The van der Waals surface area contributed by atoms with Gasteiger partial charge in [0.05, 0.1) is 22.1 Å². The summed E-state index contributed by atoms with van der Waals surface area (Å²) in [5.41, 5.74) is 2.16. The van der Waals surface area contributed by atoms with E-state index in [-0.39, 0.29) is 5.75 Å². The van der Waals surface area contributed by atoms with Crippen molar-refractivity contribution in [2.24, 2.45) is 0 Å². The third kappa shape index (κ3) is 4.51. The number of hydrogen-bond donors (Lipinski definition) is 3. The molecule has 0 saturated heterocycles. The van der Waals surface area contributed by atoms with Crippen LogP contribution in [0.4, 0.5) is 17.5 Å². The van der Waals surface area contributed by atoms with Crippen LogP contribution in [0.2, 0.25) is 5.02 Å². The predicted molar refractivity (Wildman–Crippen MR) is 112 cm³/mol. The van der Waals surface area contributed by atoms with Crippen molar-refractivity contribution in [1.82, 2.24) is 15.0 Å². The molecule has 1 aliphatic carbocycles. The molecule has 1 aromatic carbocycles. The maximum Gasteiger partial charge on any atom is 0.225 e. The summed E-state index contributed by atoms with van der Waals surface area (Å²) in [7, 11) is 0. The Morgan fingerprint density at radius 2 is 1.82 bits per heavy atom. The maximum atomic E-state index is 9.57. The number of aromatic hydroxyl groups is 1. The van der Waals surface area contributed by atoms with Gasteiger partial charge in [0.1, 0.15) is 11.6 Å². The number of rotatable bonds is 5. The minimum atomic E-state index is 0.118. The monoisotopic (exact) mass is 395 g/mol. The van der Waals surface area contributed by atoms with Gasteiger partial charge in [-0.25, -0.2) is 4.98 Å². The van der Waals surface area contributed by atoms with Crippen LogP contribution < -0.4 is 10.6 Å². The van der Waals surface area contributed by atoms with Crippen LogP contribution >= 0.6 is 11.6 Å². The van der Waals surface area contributed by atoms with E-state index >= 15 is 0 Å². The molecule has 0 aliphatic heterocycles. The molecule has 3 N–H and O–H groups in total. The van der Waals surface area contributed by atoms with Crippen molar-refractivity contribution < 1.29 is 5.11 Å². The minimum absolute atomic E-state index is 0.118. The van der Waals surface area contributed by atoms with E-state index in [9.17, 15) is 5.11 Å². The Bertz CT molecular complexity index is 945. The maximum absolute atomic E-state index is 9.57. The Balaban J connectivity index is 1.66. The van der Waals surface area contributed by atoms with Crippen molar-refractivity contribution in [3.8, 4) is 17.1 Å². The van der Waals surface area contributed by atoms with Crippen LogP contribution in [0.25, 0.3) is 11.4 Å². The van der Waals surface area contributed by atoms with Crippen molar-refractivity contribution in [2.75, 3.05) is 10.6 Å². The Kier molecular flexibility index (Phi) is 5.58. The van der Waals surface area contributed by atoms with Crippen LogP contribution in [0.5, 0.6) is 5.75 Å². The third-order valence-electron chi connectivity index (χ3n) is 4.81. The average Bonchev–Trinajstić information content (AvgIpc) is 2.71. The molecule has 0 atom stereocenters. The van der Waals surface area contributed by atoms with Crippen LogP contribution in [0.3, 0.4) is 0 Å². The van der Waals surface area contributed by atoms with Crippen molar-refractivity contribution in [3.05, 3.63) is 53.7 Å². The predicted octanol–water partition coefficient (Wildman–Crippen LogP) is 5.39.